The number of benzene rings is 2. The van der Waals surface area contributed by atoms with Crippen molar-refractivity contribution in [3.05, 3.63) is 65.2 Å². The van der Waals surface area contributed by atoms with Crippen LogP contribution >= 0.6 is 0 Å². The van der Waals surface area contributed by atoms with Gasteiger partial charge in [-0.3, -0.25) is 4.79 Å². The van der Waals surface area contributed by atoms with Crippen molar-refractivity contribution in [2.45, 2.75) is 19.8 Å². The lowest BCUT2D eigenvalue weighted by molar-refractivity contribution is -0.116. The summed E-state index contributed by atoms with van der Waals surface area (Å²) in [6.45, 7) is 1.66. The van der Waals surface area contributed by atoms with Crippen LogP contribution in [0.2, 0.25) is 0 Å². The molecule has 0 radical (unpaired) electrons. The average Bonchev–Trinajstić information content (AvgIpc) is 2.42. The van der Waals surface area contributed by atoms with Gasteiger partial charge in [0.2, 0.25) is 5.91 Å². The molecule has 0 aliphatic rings. The molecule has 1 amide bonds. The second-order valence-corrected chi connectivity index (χ2v) is 4.64. The van der Waals surface area contributed by atoms with Crippen LogP contribution in [0.25, 0.3) is 0 Å². The summed E-state index contributed by atoms with van der Waals surface area (Å²) in [7, 11) is 0. The second-order valence-electron chi connectivity index (χ2n) is 4.64. The zero-order chi connectivity index (χ0) is 14.5. The first-order chi connectivity index (χ1) is 9.54. The fourth-order valence-electron chi connectivity index (χ4n) is 1.80. The third-order valence-corrected chi connectivity index (χ3v) is 3.01. The number of carbonyl (C=O) groups excluding carboxylic acids is 1. The third kappa shape index (κ3) is 3.88. The maximum Gasteiger partial charge on any atom is 0.224 e. The fourth-order valence-corrected chi connectivity index (χ4v) is 1.80. The van der Waals surface area contributed by atoms with E-state index >= 15 is 0 Å². The van der Waals surface area contributed by atoms with Gasteiger partial charge in [-0.05, 0) is 48.7 Å². The van der Waals surface area contributed by atoms with Gasteiger partial charge in [0.15, 0.2) is 0 Å². The van der Waals surface area contributed by atoms with Crippen molar-refractivity contribution in [3.8, 4) is 0 Å². The minimum atomic E-state index is -0.346. The number of nitrogens with one attached hydrogen (secondary N) is 1. The normalized spacial score (nSPS) is 10.3. The van der Waals surface area contributed by atoms with Crippen LogP contribution < -0.4 is 5.32 Å². The molecule has 2 aromatic rings. The Morgan fingerprint density at radius 3 is 2.45 bits per heavy atom. The summed E-state index contributed by atoms with van der Waals surface area (Å²) < 4.78 is 26.1. The molecule has 0 spiro atoms. The Balaban J connectivity index is 1.89. The maximum absolute atomic E-state index is 13.3. The van der Waals surface area contributed by atoms with E-state index in [-0.39, 0.29) is 24.0 Å². The Labute approximate surface area is 116 Å². The van der Waals surface area contributed by atoms with E-state index in [1.807, 2.05) is 0 Å². The molecule has 1 N–H and O–H groups in total. The quantitative estimate of drug-likeness (QED) is 0.902. The molecule has 2 nitrogen and oxygen atoms in total. The van der Waals surface area contributed by atoms with Crippen LogP contribution in [0, 0.1) is 18.6 Å². The number of anilines is 1. The van der Waals surface area contributed by atoms with Crippen molar-refractivity contribution in [3.63, 3.8) is 0 Å². The van der Waals surface area contributed by atoms with Crippen LogP contribution in [0.1, 0.15) is 17.5 Å². The number of hydrogen-bond donors (Lipinski definition) is 1. The Morgan fingerprint density at radius 1 is 1.10 bits per heavy atom. The van der Waals surface area contributed by atoms with Crippen LogP contribution in [0.4, 0.5) is 14.5 Å². The Bertz CT molecular complexity index is 608. The minimum Gasteiger partial charge on any atom is -0.326 e. The van der Waals surface area contributed by atoms with Crippen molar-refractivity contribution >= 4 is 11.6 Å². The van der Waals surface area contributed by atoms with Gasteiger partial charge in [0.1, 0.15) is 11.6 Å². The van der Waals surface area contributed by atoms with E-state index in [4.69, 9.17) is 0 Å². The highest BCUT2D eigenvalue weighted by Gasteiger charge is 2.05. The van der Waals surface area contributed by atoms with E-state index < -0.39 is 0 Å². The zero-order valence-corrected chi connectivity index (χ0v) is 11.1. The predicted octanol–water partition coefficient (Wildman–Crippen LogP) is 3.84. The molecule has 0 heterocycles. The van der Waals surface area contributed by atoms with Crippen LogP contribution in [0.5, 0.6) is 0 Å². The number of amides is 1. The summed E-state index contributed by atoms with van der Waals surface area (Å²) in [5.74, 6) is -0.841. The second kappa shape index (κ2) is 6.28. The number of carbonyl (C=O) groups is 1. The van der Waals surface area contributed by atoms with Gasteiger partial charge in [0, 0.05) is 12.1 Å². The van der Waals surface area contributed by atoms with Gasteiger partial charge in [0.25, 0.3) is 0 Å². The molecular weight excluding hydrogens is 260 g/mol. The molecule has 2 rings (SSSR count). The Morgan fingerprint density at radius 2 is 1.80 bits per heavy atom. The van der Waals surface area contributed by atoms with E-state index in [9.17, 15) is 13.6 Å². The molecule has 0 saturated heterocycles. The first kappa shape index (κ1) is 14.2. The monoisotopic (exact) mass is 275 g/mol. The average molecular weight is 275 g/mol. The molecular formula is C16H15F2NO. The summed E-state index contributed by atoms with van der Waals surface area (Å²) in [6, 6.07) is 10.6. The van der Waals surface area contributed by atoms with Gasteiger partial charge in [-0.25, -0.2) is 8.78 Å². The molecule has 0 fully saturated rings. The highest BCUT2D eigenvalue weighted by atomic mass is 19.1. The highest BCUT2D eigenvalue weighted by molar-refractivity contribution is 5.90. The third-order valence-electron chi connectivity index (χ3n) is 3.01. The number of aryl methyl sites for hydroxylation is 2. The standard InChI is InChI=1S/C16H15F2NO/c1-11-2-8-14(10-15(11)18)19-16(20)9-5-12-3-6-13(17)7-4-12/h2-4,6-8,10H,5,9H2,1H3,(H,19,20). The lowest BCUT2D eigenvalue weighted by atomic mass is 10.1. The Hall–Kier alpha value is -2.23. The zero-order valence-electron chi connectivity index (χ0n) is 11.1. The number of halogens is 2. The molecule has 0 atom stereocenters. The van der Waals surface area contributed by atoms with Crippen molar-refractivity contribution in [1.29, 1.82) is 0 Å². The van der Waals surface area contributed by atoms with Gasteiger partial charge in [-0.15, -0.1) is 0 Å². The van der Waals surface area contributed by atoms with Crippen LogP contribution in [0.15, 0.2) is 42.5 Å². The van der Waals surface area contributed by atoms with Crippen molar-refractivity contribution < 1.29 is 13.6 Å². The Kier molecular flexibility index (Phi) is 4.45. The lowest BCUT2D eigenvalue weighted by Gasteiger charge is -2.06. The van der Waals surface area contributed by atoms with Crippen LogP contribution in [0.3, 0.4) is 0 Å². The summed E-state index contributed by atoms with van der Waals surface area (Å²) >= 11 is 0. The maximum atomic E-state index is 13.3. The molecule has 0 aliphatic heterocycles. The number of hydrogen-bond acceptors (Lipinski definition) is 1. The molecule has 0 bridgehead atoms. The molecule has 4 heteroatoms. The van der Waals surface area contributed by atoms with Gasteiger partial charge < -0.3 is 5.32 Å². The summed E-state index contributed by atoms with van der Waals surface area (Å²) in [4.78, 5) is 11.7. The predicted molar refractivity (Wildman–Crippen MR) is 74.5 cm³/mol. The minimum absolute atomic E-state index is 0.197. The lowest BCUT2D eigenvalue weighted by Crippen LogP contribution is -2.12. The first-order valence-corrected chi connectivity index (χ1v) is 6.35. The highest BCUT2D eigenvalue weighted by Crippen LogP contribution is 2.14. The van der Waals surface area contributed by atoms with Crippen molar-refractivity contribution in [1.82, 2.24) is 0 Å². The van der Waals surface area contributed by atoms with Crippen LogP contribution in [-0.4, -0.2) is 5.91 Å². The number of rotatable bonds is 4. The first-order valence-electron chi connectivity index (χ1n) is 6.35. The smallest absolute Gasteiger partial charge is 0.224 e. The molecule has 0 aliphatic carbocycles. The van der Waals surface area contributed by atoms with Gasteiger partial charge in [-0.2, -0.15) is 0 Å². The summed E-state index contributed by atoms with van der Waals surface area (Å²) in [5.41, 5.74) is 1.86. The van der Waals surface area contributed by atoms with E-state index in [1.165, 1.54) is 18.2 Å². The molecule has 2 aromatic carbocycles. The van der Waals surface area contributed by atoms with Gasteiger partial charge in [-0.1, -0.05) is 18.2 Å². The van der Waals surface area contributed by atoms with Crippen molar-refractivity contribution in [2.24, 2.45) is 0 Å². The molecule has 0 aromatic heterocycles. The van der Waals surface area contributed by atoms with Gasteiger partial charge in [0.05, 0.1) is 0 Å². The van der Waals surface area contributed by atoms with E-state index in [1.54, 1.807) is 31.2 Å². The topological polar surface area (TPSA) is 29.1 Å². The van der Waals surface area contributed by atoms with E-state index in [0.29, 0.717) is 17.7 Å². The summed E-state index contributed by atoms with van der Waals surface area (Å²) in [5, 5.41) is 2.64. The SMILES string of the molecule is Cc1ccc(NC(=O)CCc2ccc(F)cc2)cc1F. The van der Waals surface area contributed by atoms with E-state index in [2.05, 4.69) is 5.32 Å². The summed E-state index contributed by atoms with van der Waals surface area (Å²) in [6.07, 6.45) is 0.779. The van der Waals surface area contributed by atoms with Gasteiger partial charge >= 0.3 is 0 Å². The molecule has 0 unspecified atom stereocenters. The van der Waals surface area contributed by atoms with E-state index in [0.717, 1.165) is 5.56 Å². The van der Waals surface area contributed by atoms with Crippen LogP contribution in [-0.2, 0) is 11.2 Å². The molecule has 20 heavy (non-hydrogen) atoms. The fraction of sp³-hybridized carbons (Fsp3) is 0.188. The van der Waals surface area contributed by atoms with Crippen molar-refractivity contribution in [2.75, 3.05) is 5.32 Å². The molecule has 104 valence electrons. The molecule has 0 saturated carbocycles. The largest absolute Gasteiger partial charge is 0.326 e.